The third kappa shape index (κ3) is 5.73. The van der Waals surface area contributed by atoms with Gasteiger partial charge in [0.05, 0.1) is 18.1 Å². The molecule has 0 aromatic heterocycles. The van der Waals surface area contributed by atoms with Crippen molar-refractivity contribution >= 4 is 39.3 Å². The van der Waals surface area contributed by atoms with Crippen LogP contribution in [0.25, 0.3) is 0 Å². The third-order valence-corrected chi connectivity index (χ3v) is 6.33. The van der Waals surface area contributed by atoms with Crippen molar-refractivity contribution in [3.8, 4) is 0 Å². The van der Waals surface area contributed by atoms with Crippen molar-refractivity contribution in [3.05, 3.63) is 24.3 Å². The van der Waals surface area contributed by atoms with Crippen LogP contribution in [0, 0.1) is 5.92 Å². The Kier molecular flexibility index (Phi) is 7.95. The van der Waals surface area contributed by atoms with E-state index in [2.05, 4.69) is 29.7 Å². The van der Waals surface area contributed by atoms with Gasteiger partial charge in [0.1, 0.15) is 0 Å². The van der Waals surface area contributed by atoms with Crippen LogP contribution in [0.4, 0.5) is 5.69 Å². The molecule has 0 bridgehead atoms. The van der Waals surface area contributed by atoms with E-state index < -0.39 is 10.0 Å². The Hall–Kier alpha value is -1.55. The maximum Gasteiger partial charge on any atom is 0.243 e. The van der Waals surface area contributed by atoms with E-state index in [0.717, 1.165) is 12.8 Å². The molecule has 1 aliphatic heterocycles. The number of rotatable bonds is 7. The normalized spacial score (nSPS) is 16.1. The van der Waals surface area contributed by atoms with Crippen LogP contribution in [-0.4, -0.2) is 50.4 Å². The van der Waals surface area contributed by atoms with Crippen LogP contribution < -0.4 is 10.7 Å². The summed E-state index contributed by atoms with van der Waals surface area (Å²) in [7, 11) is -3.48. The monoisotopic (exact) mass is 398 g/mol. The molecule has 1 saturated heterocycles. The molecule has 2 N–H and O–H groups in total. The average molecular weight is 399 g/mol. The summed E-state index contributed by atoms with van der Waals surface area (Å²) < 4.78 is 31.8. The summed E-state index contributed by atoms with van der Waals surface area (Å²) in [6.07, 6.45) is 3.91. The predicted octanol–water partition coefficient (Wildman–Crippen LogP) is 2.42. The maximum atomic E-state index is 12.6. The molecule has 26 heavy (non-hydrogen) atoms. The topological polar surface area (TPSA) is 83.0 Å². The zero-order valence-corrected chi connectivity index (χ0v) is 16.8. The number of ether oxygens (including phenoxy) is 1. The first-order valence-electron chi connectivity index (χ1n) is 8.75. The van der Waals surface area contributed by atoms with Crippen LogP contribution in [0.15, 0.2) is 34.3 Å². The van der Waals surface area contributed by atoms with Gasteiger partial charge in [0.15, 0.2) is 5.11 Å². The molecule has 0 radical (unpaired) electrons. The first kappa shape index (κ1) is 20.8. The smallest absolute Gasteiger partial charge is 0.243 e. The molecule has 0 spiro atoms. The molecule has 1 fully saturated rings. The van der Waals surface area contributed by atoms with Gasteiger partial charge in [0, 0.05) is 25.0 Å². The Balaban J connectivity index is 1.93. The Bertz CT molecular complexity index is 710. The van der Waals surface area contributed by atoms with Crippen molar-refractivity contribution in [2.24, 2.45) is 11.0 Å². The van der Waals surface area contributed by atoms with Gasteiger partial charge in [-0.3, -0.25) is 5.43 Å². The minimum atomic E-state index is -3.48. The second-order valence-electron chi connectivity index (χ2n) is 5.96. The van der Waals surface area contributed by atoms with E-state index in [0.29, 0.717) is 43.0 Å². The highest BCUT2D eigenvalue weighted by molar-refractivity contribution is 7.89. The number of hydrazone groups is 1. The van der Waals surface area contributed by atoms with E-state index in [1.54, 1.807) is 24.3 Å². The Labute approximate surface area is 160 Å². The zero-order chi connectivity index (χ0) is 19.0. The molecule has 0 atom stereocenters. The number of hydrogen-bond donors (Lipinski definition) is 2. The number of benzene rings is 1. The molecule has 1 heterocycles. The van der Waals surface area contributed by atoms with Crippen LogP contribution >= 0.6 is 12.2 Å². The molecule has 7 nitrogen and oxygen atoms in total. The second kappa shape index (κ2) is 9.96. The van der Waals surface area contributed by atoms with Gasteiger partial charge in [0.2, 0.25) is 10.0 Å². The summed E-state index contributed by atoms with van der Waals surface area (Å²) in [5.74, 6) is 0.426. The van der Waals surface area contributed by atoms with E-state index in [9.17, 15) is 8.42 Å². The van der Waals surface area contributed by atoms with E-state index in [-0.39, 0.29) is 4.90 Å². The van der Waals surface area contributed by atoms with E-state index in [1.807, 2.05) is 6.21 Å². The van der Waals surface area contributed by atoms with E-state index in [4.69, 9.17) is 17.0 Å². The summed E-state index contributed by atoms with van der Waals surface area (Å²) in [4.78, 5) is 0.260. The highest BCUT2D eigenvalue weighted by atomic mass is 32.2. The first-order chi connectivity index (χ1) is 12.5. The van der Waals surface area contributed by atoms with Crippen molar-refractivity contribution in [3.63, 3.8) is 0 Å². The van der Waals surface area contributed by atoms with Crippen molar-refractivity contribution < 1.29 is 13.2 Å². The fourth-order valence-corrected chi connectivity index (χ4v) is 4.08. The highest BCUT2D eigenvalue weighted by Gasteiger charge is 2.26. The van der Waals surface area contributed by atoms with E-state index in [1.165, 1.54) is 4.31 Å². The molecular formula is C17H26N4O3S2. The summed E-state index contributed by atoms with van der Waals surface area (Å²) in [5.41, 5.74) is 3.47. The fraction of sp³-hybridized carbons (Fsp3) is 0.529. The molecule has 144 valence electrons. The second-order valence-corrected chi connectivity index (χ2v) is 8.31. The van der Waals surface area contributed by atoms with Gasteiger partial charge in [-0.25, -0.2) is 8.42 Å². The summed E-state index contributed by atoms with van der Waals surface area (Å²) in [6, 6.07) is 6.52. The van der Waals surface area contributed by atoms with Crippen LogP contribution in [0.2, 0.25) is 0 Å². The van der Waals surface area contributed by atoms with Crippen molar-refractivity contribution in [1.82, 2.24) is 9.73 Å². The molecule has 0 aliphatic carbocycles. The lowest BCUT2D eigenvalue weighted by Crippen LogP contribution is -2.40. The minimum absolute atomic E-state index is 0.260. The van der Waals surface area contributed by atoms with Crippen molar-refractivity contribution in [2.75, 3.05) is 31.6 Å². The van der Waals surface area contributed by atoms with Gasteiger partial charge < -0.3 is 10.1 Å². The summed E-state index contributed by atoms with van der Waals surface area (Å²) in [6.45, 7) is 5.84. The lowest BCUT2D eigenvalue weighted by molar-refractivity contribution is 0.0730. The van der Waals surface area contributed by atoms with Crippen molar-refractivity contribution in [1.29, 1.82) is 0 Å². The molecule has 2 rings (SSSR count). The van der Waals surface area contributed by atoms with Crippen LogP contribution in [0.1, 0.15) is 26.7 Å². The number of sulfonamides is 1. The van der Waals surface area contributed by atoms with Crippen LogP contribution in [0.3, 0.4) is 0 Å². The molecule has 0 amide bonds. The van der Waals surface area contributed by atoms with Gasteiger partial charge in [-0.1, -0.05) is 13.8 Å². The highest BCUT2D eigenvalue weighted by Crippen LogP contribution is 2.19. The number of morpholine rings is 1. The number of anilines is 1. The summed E-state index contributed by atoms with van der Waals surface area (Å²) in [5, 5.41) is 7.48. The zero-order valence-electron chi connectivity index (χ0n) is 15.1. The number of nitrogens with one attached hydrogen (secondary N) is 2. The fourth-order valence-electron chi connectivity index (χ4n) is 2.51. The molecule has 1 aliphatic rings. The van der Waals surface area contributed by atoms with Gasteiger partial charge in [-0.2, -0.15) is 9.41 Å². The molecular weight excluding hydrogens is 372 g/mol. The van der Waals surface area contributed by atoms with Gasteiger partial charge in [-0.15, -0.1) is 0 Å². The summed E-state index contributed by atoms with van der Waals surface area (Å²) >= 11 is 5.19. The lowest BCUT2D eigenvalue weighted by atomic mass is 10.1. The lowest BCUT2D eigenvalue weighted by Gasteiger charge is -2.26. The SMILES string of the molecule is CCC(/C=N/NC(=S)Nc1ccc(S(=O)(=O)N2CCOCC2)cc1)CC. The van der Waals surface area contributed by atoms with Crippen LogP contribution in [-0.2, 0) is 14.8 Å². The predicted molar refractivity (Wildman–Crippen MR) is 108 cm³/mol. The van der Waals surface area contributed by atoms with Gasteiger partial charge in [-0.05, 0) is 55.2 Å². The van der Waals surface area contributed by atoms with Gasteiger partial charge in [0.25, 0.3) is 0 Å². The molecule has 9 heteroatoms. The standard InChI is InChI=1S/C17H26N4O3S2/c1-3-14(4-2)13-18-20-17(25)19-15-5-7-16(8-6-15)26(22,23)21-9-11-24-12-10-21/h5-8,13-14H,3-4,9-12H2,1-2H3,(H2,19,20,25)/b18-13+. The van der Waals surface area contributed by atoms with E-state index >= 15 is 0 Å². The molecule has 1 aromatic rings. The van der Waals surface area contributed by atoms with Crippen LogP contribution in [0.5, 0.6) is 0 Å². The van der Waals surface area contributed by atoms with Gasteiger partial charge >= 0.3 is 0 Å². The average Bonchev–Trinajstić information content (AvgIpc) is 2.66. The Morgan fingerprint density at radius 1 is 1.27 bits per heavy atom. The number of hydrogen-bond acceptors (Lipinski definition) is 5. The molecule has 0 saturated carbocycles. The minimum Gasteiger partial charge on any atom is -0.379 e. The largest absolute Gasteiger partial charge is 0.379 e. The number of nitrogens with zero attached hydrogens (tertiary/aromatic N) is 2. The third-order valence-electron chi connectivity index (χ3n) is 4.22. The molecule has 1 aromatic carbocycles. The van der Waals surface area contributed by atoms with Crippen molar-refractivity contribution in [2.45, 2.75) is 31.6 Å². The first-order valence-corrected chi connectivity index (χ1v) is 10.6. The molecule has 0 unspecified atom stereocenters. The Morgan fingerprint density at radius 3 is 2.46 bits per heavy atom. The quantitative estimate of drug-likeness (QED) is 0.417. The maximum absolute atomic E-state index is 12.6. The Morgan fingerprint density at radius 2 is 1.88 bits per heavy atom. The number of thiocarbonyl (C=S) groups is 1.